The molecule has 1 fully saturated rings. The largest absolute Gasteiger partial charge is 0.469 e. The summed E-state index contributed by atoms with van der Waals surface area (Å²) < 4.78 is 5.31. The molecule has 1 unspecified atom stereocenters. The number of furan rings is 1. The summed E-state index contributed by atoms with van der Waals surface area (Å²) in [7, 11) is 0. The molecule has 0 aromatic carbocycles. The van der Waals surface area contributed by atoms with Crippen molar-refractivity contribution in [1.82, 2.24) is 4.90 Å². The topological polar surface area (TPSA) is 33.5 Å². The highest BCUT2D eigenvalue weighted by atomic mass is 35.5. The Bertz CT molecular complexity index is 389. The highest BCUT2D eigenvalue weighted by molar-refractivity contribution is 6.18. The van der Waals surface area contributed by atoms with Crippen LogP contribution in [0, 0.1) is 5.92 Å². The summed E-state index contributed by atoms with van der Waals surface area (Å²) in [5, 5.41) is 0. The van der Waals surface area contributed by atoms with Gasteiger partial charge in [-0.15, -0.1) is 11.6 Å². The van der Waals surface area contributed by atoms with E-state index < -0.39 is 0 Å². The van der Waals surface area contributed by atoms with Crippen molar-refractivity contribution in [3.05, 3.63) is 23.7 Å². The number of carbonyl (C=O) groups is 1. The van der Waals surface area contributed by atoms with Gasteiger partial charge in [-0.3, -0.25) is 4.79 Å². The number of alkyl halides is 1. The van der Waals surface area contributed by atoms with Crippen LogP contribution in [0.1, 0.15) is 35.9 Å². The molecule has 0 radical (unpaired) electrons. The summed E-state index contributed by atoms with van der Waals surface area (Å²) in [5.41, 5.74) is 0.711. The number of likely N-dealkylation sites (tertiary alicyclic amines) is 1. The van der Waals surface area contributed by atoms with Crippen molar-refractivity contribution in [2.45, 2.75) is 26.2 Å². The molecule has 1 amide bonds. The lowest BCUT2D eigenvalue weighted by Crippen LogP contribution is -2.40. The number of piperidine rings is 1. The summed E-state index contributed by atoms with van der Waals surface area (Å²) in [6.07, 6.45) is 4.51. The second kappa shape index (κ2) is 5.58. The standard InChI is InChI=1S/C13H18ClNO2/c1-2-12-11(5-7-17-12)13(16)15-6-3-4-10(8-14)9-15/h5,7,10H,2-4,6,8-9H2,1H3. The molecule has 17 heavy (non-hydrogen) atoms. The molecule has 0 N–H and O–H groups in total. The first-order valence-corrected chi connectivity index (χ1v) is 6.71. The fourth-order valence-electron chi connectivity index (χ4n) is 2.35. The van der Waals surface area contributed by atoms with E-state index in [0.717, 1.165) is 38.1 Å². The number of carbonyl (C=O) groups excluding carboxylic acids is 1. The van der Waals surface area contributed by atoms with E-state index >= 15 is 0 Å². The molecule has 3 nitrogen and oxygen atoms in total. The van der Waals surface area contributed by atoms with Crippen molar-refractivity contribution in [2.24, 2.45) is 5.92 Å². The summed E-state index contributed by atoms with van der Waals surface area (Å²) >= 11 is 5.88. The lowest BCUT2D eigenvalue weighted by molar-refractivity contribution is 0.0682. The number of amides is 1. The molecular formula is C13H18ClNO2. The van der Waals surface area contributed by atoms with Crippen LogP contribution in [-0.4, -0.2) is 29.8 Å². The fourth-order valence-corrected chi connectivity index (χ4v) is 2.60. The average molecular weight is 256 g/mol. The van der Waals surface area contributed by atoms with E-state index in [9.17, 15) is 4.79 Å². The van der Waals surface area contributed by atoms with Gasteiger partial charge in [0.15, 0.2) is 0 Å². The zero-order valence-corrected chi connectivity index (χ0v) is 10.9. The minimum atomic E-state index is 0.0883. The first kappa shape index (κ1) is 12.5. The molecular weight excluding hydrogens is 238 g/mol. The minimum absolute atomic E-state index is 0.0883. The molecule has 2 rings (SSSR count). The molecule has 1 aromatic heterocycles. The lowest BCUT2D eigenvalue weighted by Gasteiger charge is -2.31. The Hall–Kier alpha value is -0.960. The van der Waals surface area contributed by atoms with E-state index in [1.807, 2.05) is 11.8 Å². The average Bonchev–Trinajstić information content (AvgIpc) is 2.86. The van der Waals surface area contributed by atoms with Crippen molar-refractivity contribution in [2.75, 3.05) is 19.0 Å². The van der Waals surface area contributed by atoms with Crippen LogP contribution in [0.3, 0.4) is 0 Å². The minimum Gasteiger partial charge on any atom is -0.469 e. The fraction of sp³-hybridized carbons (Fsp3) is 0.615. The van der Waals surface area contributed by atoms with Gasteiger partial charge in [-0.1, -0.05) is 6.92 Å². The summed E-state index contributed by atoms with van der Waals surface area (Å²) in [6, 6.07) is 1.77. The Morgan fingerprint density at radius 2 is 2.47 bits per heavy atom. The van der Waals surface area contributed by atoms with E-state index in [2.05, 4.69) is 0 Å². The zero-order valence-electron chi connectivity index (χ0n) is 10.1. The Kier molecular flexibility index (Phi) is 4.11. The van der Waals surface area contributed by atoms with Crippen LogP contribution in [0.2, 0.25) is 0 Å². The van der Waals surface area contributed by atoms with Crippen LogP contribution < -0.4 is 0 Å². The number of aryl methyl sites for hydroxylation is 1. The van der Waals surface area contributed by atoms with Crippen molar-refractivity contribution >= 4 is 17.5 Å². The van der Waals surface area contributed by atoms with Gasteiger partial charge >= 0.3 is 0 Å². The van der Waals surface area contributed by atoms with Gasteiger partial charge in [0.25, 0.3) is 5.91 Å². The van der Waals surface area contributed by atoms with Crippen LogP contribution in [-0.2, 0) is 6.42 Å². The third kappa shape index (κ3) is 2.65. The number of hydrogen-bond acceptors (Lipinski definition) is 2. The van der Waals surface area contributed by atoms with Gasteiger partial charge in [0.05, 0.1) is 11.8 Å². The van der Waals surface area contributed by atoms with Crippen molar-refractivity contribution in [3.63, 3.8) is 0 Å². The molecule has 0 saturated carbocycles. The highest BCUT2D eigenvalue weighted by Crippen LogP contribution is 2.21. The first-order valence-electron chi connectivity index (χ1n) is 6.17. The predicted molar refractivity (Wildman–Crippen MR) is 67.4 cm³/mol. The van der Waals surface area contributed by atoms with E-state index in [1.54, 1.807) is 12.3 Å². The molecule has 1 aliphatic heterocycles. The molecule has 0 bridgehead atoms. The zero-order chi connectivity index (χ0) is 12.3. The van der Waals surface area contributed by atoms with E-state index in [1.165, 1.54) is 0 Å². The molecule has 1 aromatic rings. The summed E-state index contributed by atoms with van der Waals surface area (Å²) in [5.74, 6) is 1.94. The quantitative estimate of drug-likeness (QED) is 0.778. The monoisotopic (exact) mass is 255 g/mol. The maximum atomic E-state index is 12.3. The van der Waals surface area contributed by atoms with Crippen LogP contribution in [0.5, 0.6) is 0 Å². The number of halogens is 1. The highest BCUT2D eigenvalue weighted by Gasteiger charge is 2.25. The molecule has 1 saturated heterocycles. The third-order valence-electron chi connectivity index (χ3n) is 3.32. The molecule has 0 spiro atoms. The lowest BCUT2D eigenvalue weighted by atomic mass is 9.99. The van der Waals surface area contributed by atoms with E-state index in [-0.39, 0.29) is 5.91 Å². The van der Waals surface area contributed by atoms with Gasteiger partial charge < -0.3 is 9.32 Å². The maximum absolute atomic E-state index is 12.3. The summed E-state index contributed by atoms with van der Waals surface area (Å²) in [6.45, 7) is 3.60. The van der Waals surface area contributed by atoms with Gasteiger partial charge in [-0.05, 0) is 24.8 Å². The SMILES string of the molecule is CCc1occc1C(=O)N1CCCC(CCl)C1. The predicted octanol–water partition coefficient (Wildman–Crippen LogP) is 2.93. The molecule has 0 aliphatic carbocycles. The smallest absolute Gasteiger partial charge is 0.257 e. The molecule has 4 heteroatoms. The van der Waals surface area contributed by atoms with E-state index in [0.29, 0.717) is 17.4 Å². The normalized spacial score (nSPS) is 20.6. The first-order chi connectivity index (χ1) is 8.26. The van der Waals surface area contributed by atoms with Crippen molar-refractivity contribution in [1.29, 1.82) is 0 Å². The van der Waals surface area contributed by atoms with Crippen LogP contribution in [0.15, 0.2) is 16.7 Å². The molecule has 1 aliphatic rings. The second-order valence-corrected chi connectivity index (χ2v) is 4.83. The van der Waals surface area contributed by atoms with Gasteiger partial charge in [-0.2, -0.15) is 0 Å². The Morgan fingerprint density at radius 1 is 1.65 bits per heavy atom. The van der Waals surface area contributed by atoms with Crippen molar-refractivity contribution < 1.29 is 9.21 Å². The Balaban J connectivity index is 2.09. The molecule has 94 valence electrons. The van der Waals surface area contributed by atoms with Gasteiger partial charge in [-0.25, -0.2) is 0 Å². The number of rotatable bonds is 3. The summed E-state index contributed by atoms with van der Waals surface area (Å²) in [4.78, 5) is 14.2. The maximum Gasteiger partial charge on any atom is 0.257 e. The second-order valence-electron chi connectivity index (χ2n) is 4.52. The Morgan fingerprint density at radius 3 is 3.18 bits per heavy atom. The van der Waals surface area contributed by atoms with Crippen LogP contribution in [0.4, 0.5) is 0 Å². The van der Waals surface area contributed by atoms with Gasteiger partial charge in [0.2, 0.25) is 0 Å². The Labute approximate surface area is 107 Å². The molecule has 1 atom stereocenters. The van der Waals surface area contributed by atoms with Gasteiger partial charge in [0.1, 0.15) is 5.76 Å². The third-order valence-corrected chi connectivity index (χ3v) is 3.76. The molecule has 2 heterocycles. The number of nitrogens with zero attached hydrogens (tertiary/aromatic N) is 1. The van der Waals surface area contributed by atoms with Crippen LogP contribution >= 0.6 is 11.6 Å². The van der Waals surface area contributed by atoms with Crippen LogP contribution in [0.25, 0.3) is 0 Å². The van der Waals surface area contributed by atoms with E-state index in [4.69, 9.17) is 16.0 Å². The van der Waals surface area contributed by atoms with Gasteiger partial charge in [0, 0.05) is 25.4 Å². The number of hydrogen-bond donors (Lipinski definition) is 0. The van der Waals surface area contributed by atoms with Crippen molar-refractivity contribution in [3.8, 4) is 0 Å².